The number of hydrogen-bond acceptors (Lipinski definition) is 4. The first-order chi connectivity index (χ1) is 11.6. The van der Waals surface area contributed by atoms with Crippen LogP contribution in [0.25, 0.3) is 0 Å². The monoisotopic (exact) mass is 362 g/mol. The van der Waals surface area contributed by atoms with Gasteiger partial charge in [0.15, 0.2) is 0 Å². The van der Waals surface area contributed by atoms with Gasteiger partial charge in [0.25, 0.3) is 0 Å². The third kappa shape index (κ3) is 5.19. The number of halogens is 1. The van der Waals surface area contributed by atoms with Crippen molar-refractivity contribution in [3.8, 4) is 11.5 Å². The SMILES string of the molecule is Cc1ccc(CNC(=O)C2CC(O)CN2)c(Oc2ccccc2)c1.Cl. The number of aliphatic hydroxyl groups excluding tert-OH is 1. The molecule has 0 spiro atoms. The molecular weight excluding hydrogens is 340 g/mol. The van der Waals surface area contributed by atoms with Crippen LogP contribution in [0.3, 0.4) is 0 Å². The van der Waals surface area contributed by atoms with E-state index in [4.69, 9.17) is 4.74 Å². The first kappa shape index (κ1) is 19.2. The average Bonchev–Trinajstić information content (AvgIpc) is 3.01. The van der Waals surface area contributed by atoms with Crippen LogP contribution in [0.4, 0.5) is 0 Å². The van der Waals surface area contributed by atoms with Crippen molar-refractivity contribution in [3.05, 3.63) is 59.7 Å². The highest BCUT2D eigenvalue weighted by atomic mass is 35.5. The average molecular weight is 363 g/mol. The molecule has 2 aromatic carbocycles. The van der Waals surface area contributed by atoms with Crippen LogP contribution < -0.4 is 15.4 Å². The minimum Gasteiger partial charge on any atom is -0.457 e. The number of aliphatic hydroxyl groups is 1. The minimum absolute atomic E-state index is 0. The number of carbonyl (C=O) groups is 1. The highest BCUT2D eigenvalue weighted by Gasteiger charge is 2.27. The molecule has 6 heteroatoms. The van der Waals surface area contributed by atoms with Crippen molar-refractivity contribution in [2.45, 2.75) is 32.0 Å². The van der Waals surface area contributed by atoms with Gasteiger partial charge in [0, 0.05) is 18.7 Å². The summed E-state index contributed by atoms with van der Waals surface area (Å²) in [7, 11) is 0. The molecular formula is C19H23ClN2O3. The van der Waals surface area contributed by atoms with Gasteiger partial charge in [-0.1, -0.05) is 30.3 Å². The molecule has 0 aromatic heterocycles. The molecule has 2 aromatic rings. The second kappa shape index (κ2) is 8.85. The van der Waals surface area contributed by atoms with E-state index >= 15 is 0 Å². The molecule has 1 aliphatic rings. The molecule has 3 N–H and O–H groups in total. The lowest BCUT2D eigenvalue weighted by Crippen LogP contribution is -2.40. The summed E-state index contributed by atoms with van der Waals surface area (Å²) in [5.41, 5.74) is 2.01. The van der Waals surface area contributed by atoms with Crippen molar-refractivity contribution < 1.29 is 14.6 Å². The molecule has 0 saturated carbocycles. The van der Waals surface area contributed by atoms with E-state index < -0.39 is 6.10 Å². The van der Waals surface area contributed by atoms with Crippen LogP contribution >= 0.6 is 12.4 Å². The number of rotatable bonds is 5. The number of para-hydroxylation sites is 1. The molecule has 0 bridgehead atoms. The van der Waals surface area contributed by atoms with Crippen molar-refractivity contribution in [2.75, 3.05) is 6.54 Å². The number of hydrogen-bond donors (Lipinski definition) is 3. The summed E-state index contributed by atoms with van der Waals surface area (Å²) in [5.74, 6) is 1.40. The van der Waals surface area contributed by atoms with Gasteiger partial charge in [0.1, 0.15) is 11.5 Å². The van der Waals surface area contributed by atoms with Crippen molar-refractivity contribution in [1.82, 2.24) is 10.6 Å². The molecule has 5 nitrogen and oxygen atoms in total. The Hall–Kier alpha value is -2.08. The summed E-state index contributed by atoms with van der Waals surface area (Å²) < 4.78 is 5.96. The van der Waals surface area contributed by atoms with Gasteiger partial charge >= 0.3 is 0 Å². The number of β-amino-alcohol motifs (C(OH)–C–C–N with tert-alkyl or cyclic N) is 1. The van der Waals surface area contributed by atoms with Crippen molar-refractivity contribution in [2.24, 2.45) is 0 Å². The number of benzene rings is 2. The van der Waals surface area contributed by atoms with Crippen LogP contribution in [0.1, 0.15) is 17.5 Å². The summed E-state index contributed by atoms with van der Waals surface area (Å²) >= 11 is 0. The number of ether oxygens (including phenoxy) is 1. The smallest absolute Gasteiger partial charge is 0.237 e. The quantitative estimate of drug-likeness (QED) is 0.764. The molecule has 1 fully saturated rings. The fourth-order valence-corrected chi connectivity index (χ4v) is 2.74. The van der Waals surface area contributed by atoms with Gasteiger partial charge in [0.05, 0.1) is 12.1 Å². The zero-order valence-corrected chi connectivity index (χ0v) is 14.9. The van der Waals surface area contributed by atoms with E-state index in [0.29, 0.717) is 19.5 Å². The molecule has 2 atom stereocenters. The van der Waals surface area contributed by atoms with E-state index in [-0.39, 0.29) is 24.4 Å². The van der Waals surface area contributed by atoms with Crippen LogP contribution in [-0.4, -0.2) is 29.7 Å². The van der Waals surface area contributed by atoms with Crippen LogP contribution in [0, 0.1) is 6.92 Å². The Bertz CT molecular complexity index is 709. The van der Waals surface area contributed by atoms with E-state index in [1.54, 1.807) is 0 Å². The number of nitrogens with one attached hydrogen (secondary N) is 2. The Morgan fingerprint density at radius 2 is 2.04 bits per heavy atom. The largest absolute Gasteiger partial charge is 0.457 e. The van der Waals surface area contributed by atoms with Crippen molar-refractivity contribution in [3.63, 3.8) is 0 Å². The van der Waals surface area contributed by atoms with Gasteiger partial charge in [-0.3, -0.25) is 4.79 Å². The maximum Gasteiger partial charge on any atom is 0.237 e. The number of amides is 1. The molecule has 25 heavy (non-hydrogen) atoms. The standard InChI is InChI=1S/C19H22N2O3.ClH/c1-13-7-8-14(11-21-19(23)17-10-15(22)12-20-17)18(9-13)24-16-5-3-2-4-6-16;/h2-9,15,17,20,22H,10-12H2,1H3,(H,21,23);1H. The summed E-state index contributed by atoms with van der Waals surface area (Å²) in [6, 6.07) is 15.2. The second-order valence-corrected chi connectivity index (χ2v) is 6.09. The van der Waals surface area contributed by atoms with Crippen LogP contribution in [0.5, 0.6) is 11.5 Å². The first-order valence-electron chi connectivity index (χ1n) is 8.13. The Balaban J connectivity index is 0.00000225. The third-order valence-electron chi connectivity index (χ3n) is 4.07. The van der Waals surface area contributed by atoms with Crippen molar-refractivity contribution in [1.29, 1.82) is 0 Å². The summed E-state index contributed by atoms with van der Waals surface area (Å²) in [5, 5.41) is 15.4. The fourth-order valence-electron chi connectivity index (χ4n) is 2.74. The van der Waals surface area contributed by atoms with Crippen molar-refractivity contribution >= 4 is 18.3 Å². The molecule has 134 valence electrons. The lowest BCUT2D eigenvalue weighted by Gasteiger charge is -2.15. The normalized spacial score (nSPS) is 19.1. The molecule has 0 radical (unpaired) electrons. The van der Waals surface area contributed by atoms with E-state index in [1.807, 2.05) is 55.5 Å². The van der Waals surface area contributed by atoms with Gasteiger partial charge in [-0.2, -0.15) is 0 Å². The lowest BCUT2D eigenvalue weighted by molar-refractivity contribution is -0.123. The zero-order valence-electron chi connectivity index (χ0n) is 14.1. The Kier molecular flexibility index (Phi) is 6.82. The molecule has 0 aliphatic carbocycles. The fraction of sp³-hybridized carbons (Fsp3) is 0.316. The summed E-state index contributed by atoms with van der Waals surface area (Å²) in [4.78, 5) is 12.2. The number of carbonyl (C=O) groups excluding carboxylic acids is 1. The Morgan fingerprint density at radius 3 is 2.72 bits per heavy atom. The predicted molar refractivity (Wildman–Crippen MR) is 99.2 cm³/mol. The Labute approximate surface area is 153 Å². The molecule has 1 heterocycles. The molecule has 3 rings (SSSR count). The summed E-state index contributed by atoms with van der Waals surface area (Å²) in [6.45, 7) is 2.85. The Morgan fingerprint density at radius 1 is 1.28 bits per heavy atom. The second-order valence-electron chi connectivity index (χ2n) is 6.09. The lowest BCUT2D eigenvalue weighted by atomic mass is 10.1. The van der Waals surface area contributed by atoms with Crippen LogP contribution in [0.15, 0.2) is 48.5 Å². The first-order valence-corrected chi connectivity index (χ1v) is 8.13. The number of aryl methyl sites for hydroxylation is 1. The maximum atomic E-state index is 12.2. The molecule has 1 saturated heterocycles. The molecule has 1 aliphatic heterocycles. The van der Waals surface area contributed by atoms with Crippen LogP contribution in [0.2, 0.25) is 0 Å². The topological polar surface area (TPSA) is 70.6 Å². The van der Waals surface area contributed by atoms with Gasteiger partial charge in [-0.25, -0.2) is 0 Å². The zero-order chi connectivity index (χ0) is 16.9. The predicted octanol–water partition coefficient (Wildman–Crippen LogP) is 2.55. The van der Waals surface area contributed by atoms with Crippen LogP contribution in [-0.2, 0) is 11.3 Å². The third-order valence-corrected chi connectivity index (χ3v) is 4.07. The highest BCUT2D eigenvalue weighted by molar-refractivity contribution is 5.85. The minimum atomic E-state index is -0.447. The maximum absolute atomic E-state index is 12.2. The summed E-state index contributed by atoms with van der Waals surface area (Å²) in [6.07, 6.45) is 0.00436. The van der Waals surface area contributed by atoms with E-state index in [1.165, 1.54) is 0 Å². The van der Waals surface area contributed by atoms with E-state index in [2.05, 4.69) is 10.6 Å². The van der Waals surface area contributed by atoms with Gasteiger partial charge in [0.2, 0.25) is 5.91 Å². The van der Waals surface area contributed by atoms with Gasteiger partial charge in [-0.15, -0.1) is 12.4 Å². The highest BCUT2D eigenvalue weighted by Crippen LogP contribution is 2.26. The van der Waals surface area contributed by atoms with E-state index in [0.717, 1.165) is 22.6 Å². The molecule has 1 amide bonds. The van der Waals surface area contributed by atoms with Gasteiger partial charge < -0.3 is 20.5 Å². The van der Waals surface area contributed by atoms with Gasteiger partial charge in [-0.05, 0) is 37.1 Å². The molecule has 2 unspecified atom stereocenters. The van der Waals surface area contributed by atoms with E-state index in [9.17, 15) is 9.90 Å².